The van der Waals surface area contributed by atoms with Gasteiger partial charge < -0.3 is 10.5 Å². The highest BCUT2D eigenvalue weighted by molar-refractivity contribution is 7.98. The number of aromatic nitrogens is 1. The van der Waals surface area contributed by atoms with Gasteiger partial charge in [-0.15, -0.1) is 11.8 Å². The molecule has 0 atom stereocenters. The van der Waals surface area contributed by atoms with E-state index < -0.39 is 0 Å². The highest BCUT2D eigenvalue weighted by Crippen LogP contribution is 2.30. The number of ether oxygens (including phenoxy) is 1. The van der Waals surface area contributed by atoms with Crippen LogP contribution < -0.4 is 10.5 Å². The fourth-order valence-electron chi connectivity index (χ4n) is 1.99. The molecule has 20 heavy (non-hydrogen) atoms. The van der Waals surface area contributed by atoms with Gasteiger partial charge in [0, 0.05) is 23.2 Å². The maximum Gasteiger partial charge on any atom is 0.219 e. The molecule has 0 amide bonds. The van der Waals surface area contributed by atoms with Gasteiger partial charge in [0.2, 0.25) is 5.88 Å². The van der Waals surface area contributed by atoms with E-state index in [1.807, 2.05) is 36.6 Å². The van der Waals surface area contributed by atoms with E-state index in [4.69, 9.17) is 10.5 Å². The second kappa shape index (κ2) is 7.31. The highest BCUT2D eigenvalue weighted by Gasteiger charge is 2.07. The zero-order valence-electron chi connectivity index (χ0n) is 11.9. The van der Waals surface area contributed by atoms with Crippen LogP contribution in [0.1, 0.15) is 24.6 Å². The lowest BCUT2D eigenvalue weighted by atomic mass is 10.1. The molecule has 3 nitrogen and oxygen atoms in total. The normalized spacial score (nSPS) is 10.6. The third kappa shape index (κ3) is 3.74. The first-order chi connectivity index (χ1) is 9.76. The summed E-state index contributed by atoms with van der Waals surface area (Å²) >= 11 is 1.66. The maximum atomic E-state index is 5.94. The van der Waals surface area contributed by atoms with E-state index >= 15 is 0 Å². The quantitative estimate of drug-likeness (QED) is 0.816. The Hall–Kier alpha value is -1.52. The summed E-state index contributed by atoms with van der Waals surface area (Å²) in [6, 6.07) is 11.9. The summed E-state index contributed by atoms with van der Waals surface area (Å²) in [4.78, 5) is 5.66. The van der Waals surface area contributed by atoms with Gasteiger partial charge in [0.05, 0.1) is 0 Å². The smallest absolute Gasteiger partial charge is 0.219 e. The number of para-hydroxylation sites is 1. The Bertz CT molecular complexity index is 572. The van der Waals surface area contributed by atoms with Crippen molar-refractivity contribution in [1.29, 1.82) is 0 Å². The fourth-order valence-corrected chi connectivity index (χ4v) is 2.52. The minimum atomic E-state index is 0.500. The van der Waals surface area contributed by atoms with E-state index in [1.54, 1.807) is 11.8 Å². The van der Waals surface area contributed by atoms with Gasteiger partial charge >= 0.3 is 0 Å². The predicted octanol–water partition coefficient (Wildman–Crippen LogP) is 4.01. The molecule has 2 N–H and O–H groups in total. The molecule has 0 aliphatic rings. The van der Waals surface area contributed by atoms with Gasteiger partial charge in [-0.1, -0.05) is 25.5 Å². The highest BCUT2D eigenvalue weighted by atomic mass is 32.2. The summed E-state index contributed by atoms with van der Waals surface area (Å²) in [7, 11) is 0. The van der Waals surface area contributed by atoms with Crippen LogP contribution in [0.2, 0.25) is 0 Å². The lowest BCUT2D eigenvalue weighted by Gasteiger charge is -2.11. The summed E-state index contributed by atoms with van der Waals surface area (Å²) in [6.07, 6.45) is 4.03. The molecular formula is C16H20N2OS. The zero-order chi connectivity index (χ0) is 14.4. The molecule has 1 aromatic carbocycles. The molecule has 106 valence electrons. The van der Waals surface area contributed by atoms with Gasteiger partial charge in [-0.25, -0.2) is 4.98 Å². The molecule has 0 radical (unpaired) electrons. The Kier molecular flexibility index (Phi) is 5.44. The standard InChI is InChI=1S/C16H20N2OS/c1-3-6-13-9-12(11-17)10-16(18-13)19-14-7-4-5-8-15(14)20-2/h4-5,7-10H,3,6,11,17H2,1-2H3. The molecule has 0 fully saturated rings. The number of aryl methyl sites for hydroxylation is 1. The molecule has 0 aliphatic carbocycles. The summed E-state index contributed by atoms with van der Waals surface area (Å²) in [5.74, 6) is 1.46. The average Bonchev–Trinajstić information content (AvgIpc) is 2.48. The molecule has 0 unspecified atom stereocenters. The van der Waals surface area contributed by atoms with Crippen molar-refractivity contribution in [3.8, 4) is 11.6 Å². The van der Waals surface area contributed by atoms with Crippen LogP contribution in [0, 0.1) is 0 Å². The number of hydrogen-bond acceptors (Lipinski definition) is 4. The number of hydrogen-bond donors (Lipinski definition) is 1. The van der Waals surface area contributed by atoms with Crippen LogP contribution >= 0.6 is 11.8 Å². The van der Waals surface area contributed by atoms with Gasteiger partial charge in [0.25, 0.3) is 0 Å². The van der Waals surface area contributed by atoms with Crippen molar-refractivity contribution in [3.05, 3.63) is 47.7 Å². The van der Waals surface area contributed by atoms with Crippen LogP contribution in [0.5, 0.6) is 11.6 Å². The summed E-state index contributed by atoms with van der Waals surface area (Å²) < 4.78 is 5.94. The van der Waals surface area contributed by atoms with Crippen molar-refractivity contribution < 1.29 is 4.74 Å². The van der Waals surface area contributed by atoms with Crippen molar-refractivity contribution in [2.45, 2.75) is 31.2 Å². The number of nitrogens with two attached hydrogens (primary N) is 1. The first-order valence-corrected chi connectivity index (χ1v) is 8.00. The Balaban J connectivity index is 2.30. The SMILES string of the molecule is CCCc1cc(CN)cc(Oc2ccccc2SC)n1. The predicted molar refractivity (Wildman–Crippen MR) is 84.4 cm³/mol. The fraction of sp³-hybridized carbons (Fsp3) is 0.312. The van der Waals surface area contributed by atoms with Crippen LogP contribution in [0.15, 0.2) is 41.3 Å². The Labute approximate surface area is 124 Å². The second-order valence-corrected chi connectivity index (χ2v) is 5.36. The Morgan fingerprint density at radius 3 is 2.75 bits per heavy atom. The molecule has 2 aromatic rings. The molecule has 1 aromatic heterocycles. The second-order valence-electron chi connectivity index (χ2n) is 4.51. The average molecular weight is 288 g/mol. The van der Waals surface area contributed by atoms with Crippen molar-refractivity contribution in [3.63, 3.8) is 0 Å². The lowest BCUT2D eigenvalue weighted by molar-refractivity contribution is 0.449. The molecule has 0 saturated carbocycles. The van der Waals surface area contributed by atoms with Gasteiger partial charge in [-0.3, -0.25) is 0 Å². The molecular weight excluding hydrogens is 268 g/mol. The van der Waals surface area contributed by atoms with E-state index in [0.29, 0.717) is 12.4 Å². The van der Waals surface area contributed by atoms with Gasteiger partial charge in [0.1, 0.15) is 5.75 Å². The van der Waals surface area contributed by atoms with E-state index in [2.05, 4.69) is 18.0 Å². The van der Waals surface area contributed by atoms with Gasteiger partial charge in [-0.05, 0) is 36.4 Å². The van der Waals surface area contributed by atoms with Crippen LogP contribution in [0.4, 0.5) is 0 Å². The van der Waals surface area contributed by atoms with E-state index in [9.17, 15) is 0 Å². The molecule has 0 spiro atoms. The third-order valence-electron chi connectivity index (χ3n) is 2.94. The molecule has 0 saturated heterocycles. The van der Waals surface area contributed by atoms with Crippen LogP contribution in [-0.2, 0) is 13.0 Å². The number of pyridine rings is 1. The minimum Gasteiger partial charge on any atom is -0.438 e. The van der Waals surface area contributed by atoms with Crippen LogP contribution in [0.3, 0.4) is 0 Å². The summed E-state index contributed by atoms with van der Waals surface area (Å²) in [6.45, 7) is 2.64. The van der Waals surface area contributed by atoms with Crippen LogP contribution in [0.25, 0.3) is 0 Å². The van der Waals surface area contributed by atoms with Crippen molar-refractivity contribution in [2.75, 3.05) is 6.26 Å². The van der Waals surface area contributed by atoms with E-state index in [-0.39, 0.29) is 0 Å². The summed E-state index contributed by atoms with van der Waals surface area (Å²) in [5, 5.41) is 0. The van der Waals surface area contributed by atoms with E-state index in [0.717, 1.165) is 34.7 Å². The lowest BCUT2D eigenvalue weighted by Crippen LogP contribution is -2.01. The molecule has 0 bridgehead atoms. The molecule has 1 heterocycles. The van der Waals surface area contributed by atoms with Crippen molar-refractivity contribution in [1.82, 2.24) is 4.98 Å². The van der Waals surface area contributed by atoms with E-state index in [1.165, 1.54) is 0 Å². The first kappa shape index (κ1) is 14.9. The number of benzene rings is 1. The number of thioether (sulfide) groups is 1. The largest absolute Gasteiger partial charge is 0.438 e. The number of nitrogens with zero attached hydrogens (tertiary/aromatic N) is 1. The topological polar surface area (TPSA) is 48.1 Å². The minimum absolute atomic E-state index is 0.500. The van der Waals surface area contributed by atoms with Gasteiger partial charge in [-0.2, -0.15) is 0 Å². The summed E-state index contributed by atoms with van der Waals surface area (Å²) in [5.41, 5.74) is 7.84. The monoisotopic (exact) mass is 288 g/mol. The van der Waals surface area contributed by atoms with Crippen molar-refractivity contribution in [2.24, 2.45) is 5.73 Å². The molecule has 2 rings (SSSR count). The number of rotatable bonds is 6. The Morgan fingerprint density at radius 1 is 1.25 bits per heavy atom. The molecule has 0 aliphatic heterocycles. The third-order valence-corrected chi connectivity index (χ3v) is 3.72. The first-order valence-electron chi connectivity index (χ1n) is 6.77. The maximum absolute atomic E-state index is 5.94. The van der Waals surface area contributed by atoms with Crippen LogP contribution in [-0.4, -0.2) is 11.2 Å². The van der Waals surface area contributed by atoms with Gasteiger partial charge in [0.15, 0.2) is 0 Å². The Morgan fingerprint density at radius 2 is 2.05 bits per heavy atom. The zero-order valence-corrected chi connectivity index (χ0v) is 12.7. The van der Waals surface area contributed by atoms with Crippen molar-refractivity contribution >= 4 is 11.8 Å². The molecule has 4 heteroatoms.